The van der Waals surface area contributed by atoms with E-state index < -0.39 is 0 Å². The second-order valence-corrected chi connectivity index (χ2v) is 13.5. The molecule has 1 unspecified atom stereocenters. The monoisotopic (exact) mass is 638 g/mol. The van der Waals surface area contributed by atoms with Crippen LogP contribution in [0.1, 0.15) is 17.9 Å². The zero-order chi connectivity index (χ0) is 32.8. The maximum absolute atomic E-state index is 6.68. The molecule has 0 amide bonds. The van der Waals surface area contributed by atoms with Crippen LogP contribution in [0, 0.1) is 0 Å². The molecule has 1 atom stereocenters. The van der Waals surface area contributed by atoms with Gasteiger partial charge in [-0.05, 0) is 78.7 Å². The summed E-state index contributed by atoms with van der Waals surface area (Å²) in [6.45, 7) is 0. The highest BCUT2D eigenvalue weighted by Gasteiger charge is 2.23. The molecule has 2 aromatic heterocycles. The molecule has 8 aromatic carbocycles. The average Bonchev–Trinajstić information content (AvgIpc) is 3.77. The number of benzene rings is 8. The van der Waals surface area contributed by atoms with E-state index in [4.69, 9.17) is 8.83 Å². The van der Waals surface area contributed by atoms with E-state index >= 15 is 0 Å². The van der Waals surface area contributed by atoms with Crippen LogP contribution in [0.4, 0.5) is 0 Å². The number of para-hydroxylation sites is 1. The molecule has 0 aliphatic heterocycles. The van der Waals surface area contributed by atoms with E-state index in [1.165, 1.54) is 60.1 Å². The summed E-state index contributed by atoms with van der Waals surface area (Å²) in [5.41, 5.74) is 9.82. The fourth-order valence-electron chi connectivity index (χ4n) is 8.61. The highest BCUT2D eigenvalue weighted by atomic mass is 16.4. The van der Waals surface area contributed by atoms with Gasteiger partial charge in [0.05, 0.1) is 0 Å². The molecule has 0 spiro atoms. The molecule has 2 nitrogen and oxygen atoms in total. The van der Waals surface area contributed by atoms with Gasteiger partial charge in [0.25, 0.3) is 0 Å². The summed E-state index contributed by atoms with van der Waals surface area (Å²) in [5.74, 6) is 0.203. The largest absolute Gasteiger partial charge is 0.452 e. The van der Waals surface area contributed by atoms with Crippen molar-refractivity contribution in [3.05, 3.63) is 168 Å². The predicted molar refractivity (Wildman–Crippen MR) is 209 cm³/mol. The lowest BCUT2D eigenvalue weighted by molar-refractivity contribution is 0.562. The summed E-state index contributed by atoms with van der Waals surface area (Å²) < 4.78 is 13.2. The summed E-state index contributed by atoms with van der Waals surface area (Å²) in [4.78, 5) is 0. The second kappa shape index (κ2) is 10.6. The van der Waals surface area contributed by atoms with Gasteiger partial charge in [0.15, 0.2) is 11.2 Å². The highest BCUT2D eigenvalue weighted by Crippen LogP contribution is 2.44. The molecule has 0 N–H and O–H groups in total. The van der Waals surface area contributed by atoms with Gasteiger partial charge in [0, 0.05) is 27.3 Å². The van der Waals surface area contributed by atoms with E-state index in [0.717, 1.165) is 50.0 Å². The van der Waals surface area contributed by atoms with Crippen LogP contribution >= 0.6 is 0 Å². The van der Waals surface area contributed by atoms with Gasteiger partial charge in [-0.15, -0.1) is 0 Å². The second-order valence-electron chi connectivity index (χ2n) is 13.5. The third kappa shape index (κ3) is 3.90. The smallest absolute Gasteiger partial charge is 0.179 e. The number of hydrogen-bond donors (Lipinski definition) is 0. The Balaban J connectivity index is 1.13. The fraction of sp³-hybridized carbons (Fsp3) is 0.0417. The lowest BCUT2D eigenvalue weighted by atomic mass is 9.84. The molecule has 0 bridgehead atoms. The van der Waals surface area contributed by atoms with Crippen LogP contribution < -0.4 is 10.6 Å². The molecule has 1 aliphatic rings. The lowest BCUT2D eigenvalue weighted by Crippen LogP contribution is -2.25. The molecule has 0 saturated carbocycles. The van der Waals surface area contributed by atoms with Gasteiger partial charge in [-0.3, -0.25) is 0 Å². The first-order valence-electron chi connectivity index (χ1n) is 17.4. The van der Waals surface area contributed by atoms with Crippen LogP contribution in [0.3, 0.4) is 0 Å². The zero-order valence-electron chi connectivity index (χ0n) is 27.2. The Kier molecular flexibility index (Phi) is 5.82. The lowest BCUT2D eigenvalue weighted by Gasteiger charge is -2.19. The van der Waals surface area contributed by atoms with Gasteiger partial charge in [-0.2, -0.15) is 0 Å². The maximum atomic E-state index is 6.68. The molecule has 0 radical (unpaired) electrons. The molecule has 50 heavy (non-hydrogen) atoms. The molecule has 0 fully saturated rings. The third-order valence-electron chi connectivity index (χ3n) is 10.8. The van der Waals surface area contributed by atoms with Gasteiger partial charge >= 0.3 is 0 Å². The molecule has 11 rings (SSSR count). The third-order valence-corrected chi connectivity index (χ3v) is 10.8. The van der Waals surface area contributed by atoms with Crippen molar-refractivity contribution in [3.63, 3.8) is 0 Å². The highest BCUT2D eigenvalue weighted by molar-refractivity contribution is 6.29. The van der Waals surface area contributed by atoms with Crippen molar-refractivity contribution in [2.75, 3.05) is 0 Å². The van der Waals surface area contributed by atoms with E-state index in [1.807, 2.05) is 12.1 Å². The van der Waals surface area contributed by atoms with Gasteiger partial charge in [0.2, 0.25) is 0 Å². The summed E-state index contributed by atoms with van der Waals surface area (Å²) >= 11 is 0. The van der Waals surface area contributed by atoms with Crippen molar-refractivity contribution >= 4 is 77.4 Å². The fourth-order valence-corrected chi connectivity index (χ4v) is 8.61. The van der Waals surface area contributed by atoms with Gasteiger partial charge < -0.3 is 8.83 Å². The Morgan fingerprint density at radius 2 is 0.980 bits per heavy atom. The Morgan fingerprint density at radius 3 is 1.68 bits per heavy atom. The van der Waals surface area contributed by atoms with Gasteiger partial charge in [-0.25, -0.2) is 0 Å². The first-order chi connectivity index (χ1) is 24.8. The van der Waals surface area contributed by atoms with Crippen molar-refractivity contribution in [2.24, 2.45) is 0 Å². The normalized spacial score (nSPS) is 14.4. The van der Waals surface area contributed by atoms with E-state index in [2.05, 4.69) is 152 Å². The summed E-state index contributed by atoms with van der Waals surface area (Å²) in [6.07, 6.45) is 5.57. The summed E-state index contributed by atoms with van der Waals surface area (Å²) in [5, 5.41) is 12.0. The molecule has 1 aliphatic carbocycles. The molecule has 234 valence electrons. The Hall–Kier alpha value is -6.38. The van der Waals surface area contributed by atoms with Crippen LogP contribution in [0.2, 0.25) is 0 Å². The minimum absolute atomic E-state index is 0.203. The summed E-state index contributed by atoms with van der Waals surface area (Å²) in [7, 11) is 0. The topological polar surface area (TPSA) is 26.3 Å². The molecule has 10 aromatic rings. The van der Waals surface area contributed by atoms with Crippen LogP contribution in [-0.4, -0.2) is 0 Å². The van der Waals surface area contributed by atoms with Crippen molar-refractivity contribution in [3.8, 4) is 22.3 Å². The quantitative estimate of drug-likeness (QED) is 0.180. The van der Waals surface area contributed by atoms with Crippen molar-refractivity contribution in [1.82, 2.24) is 0 Å². The molecule has 0 saturated heterocycles. The van der Waals surface area contributed by atoms with Gasteiger partial charge in [-0.1, -0.05) is 152 Å². The Morgan fingerprint density at radius 1 is 0.440 bits per heavy atom. The van der Waals surface area contributed by atoms with Crippen molar-refractivity contribution < 1.29 is 8.83 Å². The molecular formula is C48H30O2. The minimum atomic E-state index is 0.203. The SMILES string of the molecule is C1=c2oc3c4oc5ccccc5c4c4ccccc4c3c2=CC(c2cccc(-c3c4ccccc4c(-c4ccccc4)c4ccccc34)c2)C1. The zero-order valence-corrected chi connectivity index (χ0v) is 27.2. The van der Waals surface area contributed by atoms with Crippen molar-refractivity contribution in [2.45, 2.75) is 12.3 Å². The summed E-state index contributed by atoms with van der Waals surface area (Å²) in [6, 6.07) is 54.7. The molecule has 2 heteroatoms. The van der Waals surface area contributed by atoms with Gasteiger partial charge in [0.1, 0.15) is 11.0 Å². The van der Waals surface area contributed by atoms with E-state index in [0.29, 0.717) is 0 Å². The van der Waals surface area contributed by atoms with E-state index in [-0.39, 0.29) is 5.92 Å². The van der Waals surface area contributed by atoms with Crippen LogP contribution in [0.15, 0.2) is 160 Å². The maximum Gasteiger partial charge on any atom is 0.179 e. The van der Waals surface area contributed by atoms with Crippen LogP contribution in [0.5, 0.6) is 0 Å². The number of hydrogen-bond acceptors (Lipinski definition) is 2. The first kappa shape index (κ1) is 27.6. The minimum Gasteiger partial charge on any atom is -0.452 e. The van der Waals surface area contributed by atoms with Crippen LogP contribution in [-0.2, 0) is 0 Å². The average molecular weight is 639 g/mol. The number of furan rings is 2. The Bertz CT molecular complexity index is 3070. The predicted octanol–water partition coefficient (Wildman–Crippen LogP) is 11.9. The van der Waals surface area contributed by atoms with E-state index in [1.54, 1.807) is 0 Å². The first-order valence-corrected chi connectivity index (χ1v) is 17.4. The van der Waals surface area contributed by atoms with E-state index in [9.17, 15) is 0 Å². The molecule has 2 heterocycles. The molecular weight excluding hydrogens is 609 g/mol. The number of rotatable bonds is 3. The van der Waals surface area contributed by atoms with Crippen LogP contribution in [0.25, 0.3) is 99.6 Å². The van der Waals surface area contributed by atoms with Crippen molar-refractivity contribution in [1.29, 1.82) is 0 Å². The number of fused-ring (bicyclic) bond motifs is 12. The Labute approximate surface area is 287 Å². The standard InChI is InChI=1S/C48H30O2/c1-2-13-29(14-3-1)43-33-17-4-6-19-35(33)44(36-20-7-5-18-34(36)43)32-16-12-15-30(27-32)31-25-26-42-40(28-31)46-38-22-9-8-21-37(38)45-39-23-10-11-24-41(39)49-47(45)48(46)50-42/h1-24,26-28,31H,25H2.